The van der Waals surface area contributed by atoms with E-state index in [1.807, 2.05) is 12.3 Å². The fourth-order valence-corrected chi connectivity index (χ4v) is 3.27. The molecular weight excluding hydrogens is 282 g/mol. The maximum atomic E-state index is 12.2. The van der Waals surface area contributed by atoms with Gasteiger partial charge in [0.15, 0.2) is 0 Å². The smallest absolute Gasteiger partial charge is 0.226 e. The van der Waals surface area contributed by atoms with E-state index in [0.29, 0.717) is 18.9 Å². The average Bonchev–Trinajstić information content (AvgIpc) is 2.75. The first-order chi connectivity index (χ1) is 9.55. The van der Waals surface area contributed by atoms with Crippen molar-refractivity contribution in [3.8, 4) is 0 Å². The molecule has 1 unspecified atom stereocenters. The summed E-state index contributed by atoms with van der Waals surface area (Å²) in [6, 6.07) is 0. The normalized spacial score (nSPS) is 15.0. The molecule has 5 heteroatoms. The lowest BCUT2D eigenvalue weighted by Crippen LogP contribution is -2.52. The molecule has 0 aliphatic rings. The Balaban J connectivity index is 2.67. The quantitative estimate of drug-likeness (QED) is 0.849. The number of nitrogens with zero attached hydrogens (tertiary/aromatic N) is 1. The van der Waals surface area contributed by atoms with Crippen LogP contribution in [-0.2, 0) is 16.6 Å². The predicted molar refractivity (Wildman–Crippen MR) is 89.6 cm³/mol. The minimum Gasteiger partial charge on any atom is -0.349 e. The van der Waals surface area contributed by atoms with Crippen LogP contribution in [0.5, 0.6) is 0 Å². The van der Waals surface area contributed by atoms with Crippen molar-refractivity contribution in [2.75, 3.05) is 6.54 Å². The summed E-state index contributed by atoms with van der Waals surface area (Å²) in [7, 11) is 0. The Bertz CT molecular complexity index is 476. The number of rotatable bonds is 6. The summed E-state index contributed by atoms with van der Waals surface area (Å²) in [5, 5.41) is 6.11. The van der Waals surface area contributed by atoms with E-state index in [4.69, 9.17) is 5.73 Å². The van der Waals surface area contributed by atoms with Gasteiger partial charge in [-0.3, -0.25) is 4.79 Å². The second kappa shape index (κ2) is 6.88. The van der Waals surface area contributed by atoms with Crippen LogP contribution >= 0.6 is 11.3 Å². The summed E-state index contributed by atoms with van der Waals surface area (Å²) in [5.41, 5.74) is 6.36. The van der Waals surface area contributed by atoms with E-state index >= 15 is 0 Å². The lowest BCUT2D eigenvalue weighted by Gasteiger charge is -2.31. The Morgan fingerprint density at radius 1 is 1.38 bits per heavy atom. The number of thiazole rings is 1. The molecule has 0 bridgehead atoms. The largest absolute Gasteiger partial charge is 0.349 e. The molecule has 1 rings (SSSR count). The number of hydrogen-bond acceptors (Lipinski definition) is 4. The predicted octanol–water partition coefficient (Wildman–Crippen LogP) is 2.86. The van der Waals surface area contributed by atoms with Crippen LogP contribution < -0.4 is 11.1 Å². The molecule has 0 saturated carbocycles. The number of carbonyl (C=O) groups is 1. The first-order valence-corrected chi connectivity index (χ1v) is 8.39. The van der Waals surface area contributed by atoms with Crippen molar-refractivity contribution < 1.29 is 4.79 Å². The van der Waals surface area contributed by atoms with Gasteiger partial charge in [0.25, 0.3) is 0 Å². The second-order valence-corrected chi connectivity index (χ2v) is 8.34. The minimum absolute atomic E-state index is 0.00522. The fourth-order valence-electron chi connectivity index (χ4n) is 2.36. The Hall–Kier alpha value is -0.940. The van der Waals surface area contributed by atoms with Gasteiger partial charge >= 0.3 is 0 Å². The highest BCUT2D eigenvalue weighted by molar-refractivity contribution is 7.09. The number of amides is 1. The molecule has 1 aromatic heterocycles. The summed E-state index contributed by atoms with van der Waals surface area (Å²) in [6.07, 6.45) is 1.19. The Morgan fingerprint density at radius 2 is 2.00 bits per heavy atom. The first-order valence-electron chi connectivity index (χ1n) is 7.52. The van der Waals surface area contributed by atoms with Gasteiger partial charge in [-0.05, 0) is 19.3 Å². The van der Waals surface area contributed by atoms with E-state index in [-0.39, 0.29) is 16.9 Å². The Labute approximate surface area is 132 Å². The third kappa shape index (κ3) is 5.75. The van der Waals surface area contributed by atoms with E-state index in [2.05, 4.69) is 44.9 Å². The van der Waals surface area contributed by atoms with Gasteiger partial charge < -0.3 is 11.1 Å². The van der Waals surface area contributed by atoms with Gasteiger partial charge in [0.2, 0.25) is 5.91 Å². The van der Waals surface area contributed by atoms with Crippen LogP contribution in [-0.4, -0.2) is 23.0 Å². The lowest BCUT2D eigenvalue weighted by atomic mass is 9.90. The highest BCUT2D eigenvalue weighted by Crippen LogP contribution is 2.25. The van der Waals surface area contributed by atoms with Gasteiger partial charge in [-0.2, -0.15) is 0 Å². The minimum atomic E-state index is -0.339. The van der Waals surface area contributed by atoms with Gasteiger partial charge in [-0.25, -0.2) is 4.98 Å². The summed E-state index contributed by atoms with van der Waals surface area (Å²) >= 11 is 1.62. The van der Waals surface area contributed by atoms with Gasteiger partial charge in [-0.1, -0.05) is 34.6 Å². The van der Waals surface area contributed by atoms with Gasteiger partial charge in [-0.15, -0.1) is 11.3 Å². The number of nitrogens with one attached hydrogen (secondary N) is 1. The number of nitrogens with two attached hydrogens (primary N) is 1. The van der Waals surface area contributed by atoms with Crippen LogP contribution in [0.1, 0.15) is 58.7 Å². The standard InChI is InChI=1S/C16H29N3OS/c1-11(2)8-16(6,10-17)19-13(20)7-12-9-21-14(18-12)15(3,4)5/h9,11H,7-8,10,17H2,1-6H3,(H,19,20). The summed E-state index contributed by atoms with van der Waals surface area (Å²) < 4.78 is 0. The van der Waals surface area contributed by atoms with Crippen LogP contribution in [0.3, 0.4) is 0 Å². The highest BCUT2D eigenvalue weighted by atomic mass is 32.1. The first kappa shape index (κ1) is 18.1. The zero-order chi connectivity index (χ0) is 16.3. The van der Waals surface area contributed by atoms with Crippen LogP contribution in [0, 0.1) is 5.92 Å². The molecule has 0 aliphatic heterocycles. The molecule has 1 aromatic rings. The van der Waals surface area contributed by atoms with Crippen LogP contribution in [0.2, 0.25) is 0 Å². The van der Waals surface area contributed by atoms with Crippen molar-refractivity contribution in [1.29, 1.82) is 0 Å². The summed E-state index contributed by atoms with van der Waals surface area (Å²) in [5.74, 6) is 0.486. The van der Waals surface area contributed by atoms with Crippen LogP contribution in [0.15, 0.2) is 5.38 Å². The molecule has 1 atom stereocenters. The van der Waals surface area contributed by atoms with E-state index in [1.54, 1.807) is 11.3 Å². The molecule has 0 saturated heterocycles. The molecule has 21 heavy (non-hydrogen) atoms. The molecule has 3 N–H and O–H groups in total. The van der Waals surface area contributed by atoms with Crippen molar-refractivity contribution in [3.63, 3.8) is 0 Å². The van der Waals surface area contributed by atoms with E-state index in [9.17, 15) is 4.79 Å². The lowest BCUT2D eigenvalue weighted by molar-refractivity contribution is -0.122. The third-order valence-corrected chi connectivity index (χ3v) is 4.60. The average molecular weight is 311 g/mol. The number of aromatic nitrogens is 1. The molecule has 0 aliphatic carbocycles. The molecule has 4 nitrogen and oxygen atoms in total. The monoisotopic (exact) mass is 311 g/mol. The molecule has 120 valence electrons. The Morgan fingerprint density at radius 3 is 2.43 bits per heavy atom. The number of hydrogen-bond donors (Lipinski definition) is 2. The van der Waals surface area contributed by atoms with E-state index in [1.165, 1.54) is 0 Å². The van der Waals surface area contributed by atoms with Crippen molar-refractivity contribution in [2.45, 2.75) is 65.3 Å². The van der Waals surface area contributed by atoms with Gasteiger partial charge in [0.1, 0.15) is 0 Å². The fraction of sp³-hybridized carbons (Fsp3) is 0.750. The molecule has 1 amide bonds. The van der Waals surface area contributed by atoms with Gasteiger partial charge in [0.05, 0.1) is 17.1 Å². The van der Waals surface area contributed by atoms with Crippen LogP contribution in [0.25, 0.3) is 0 Å². The number of carbonyl (C=O) groups excluding carboxylic acids is 1. The van der Waals surface area contributed by atoms with E-state index < -0.39 is 0 Å². The second-order valence-electron chi connectivity index (χ2n) is 7.48. The van der Waals surface area contributed by atoms with Crippen molar-refractivity contribution in [1.82, 2.24) is 10.3 Å². The molecule has 1 heterocycles. The Kier molecular flexibility index (Phi) is 5.93. The maximum absolute atomic E-state index is 12.2. The highest BCUT2D eigenvalue weighted by Gasteiger charge is 2.26. The van der Waals surface area contributed by atoms with Crippen molar-refractivity contribution in [2.24, 2.45) is 11.7 Å². The summed E-state index contributed by atoms with van der Waals surface area (Å²) in [4.78, 5) is 16.8. The molecule has 0 fully saturated rings. The van der Waals surface area contributed by atoms with Gasteiger partial charge in [0, 0.05) is 22.9 Å². The zero-order valence-corrected chi connectivity index (χ0v) is 14.9. The maximum Gasteiger partial charge on any atom is 0.226 e. The molecule has 0 spiro atoms. The zero-order valence-electron chi connectivity index (χ0n) is 14.1. The topological polar surface area (TPSA) is 68.0 Å². The molecule has 0 aromatic carbocycles. The SMILES string of the molecule is CC(C)CC(C)(CN)NC(=O)Cc1csc(C(C)(C)C)n1. The van der Waals surface area contributed by atoms with Crippen molar-refractivity contribution >= 4 is 17.2 Å². The van der Waals surface area contributed by atoms with E-state index in [0.717, 1.165) is 17.1 Å². The summed E-state index contributed by atoms with van der Waals surface area (Å²) in [6.45, 7) is 13.1. The van der Waals surface area contributed by atoms with Crippen molar-refractivity contribution in [3.05, 3.63) is 16.1 Å². The van der Waals surface area contributed by atoms with Crippen LogP contribution in [0.4, 0.5) is 0 Å². The molecule has 0 radical (unpaired) electrons. The third-order valence-electron chi connectivity index (χ3n) is 3.29. The molecular formula is C16H29N3OS.